The van der Waals surface area contributed by atoms with Gasteiger partial charge < -0.3 is 19.3 Å². The van der Waals surface area contributed by atoms with Crippen molar-refractivity contribution in [2.75, 3.05) is 33.0 Å². The zero-order valence-electron chi connectivity index (χ0n) is 15.3. The van der Waals surface area contributed by atoms with Crippen LogP contribution in [0.4, 0.5) is 13.2 Å². The van der Waals surface area contributed by atoms with Crippen molar-refractivity contribution in [1.82, 2.24) is 9.80 Å². The van der Waals surface area contributed by atoms with Gasteiger partial charge >= 0.3 is 0 Å². The van der Waals surface area contributed by atoms with E-state index in [1.807, 2.05) is 0 Å². The third-order valence-corrected chi connectivity index (χ3v) is 4.96. The van der Waals surface area contributed by atoms with Gasteiger partial charge in [0.05, 0.1) is 5.56 Å². The molecule has 9 heteroatoms. The number of ether oxygens (including phenoxy) is 2. The molecule has 2 aliphatic rings. The van der Waals surface area contributed by atoms with Crippen LogP contribution in [0.25, 0.3) is 0 Å². The van der Waals surface area contributed by atoms with Gasteiger partial charge in [0.2, 0.25) is 6.79 Å². The Bertz CT molecular complexity index is 982. The minimum absolute atomic E-state index is 0.105. The molecule has 0 aliphatic carbocycles. The van der Waals surface area contributed by atoms with Crippen molar-refractivity contribution in [2.45, 2.75) is 6.42 Å². The molecule has 152 valence electrons. The lowest BCUT2D eigenvalue weighted by Gasteiger charge is -2.22. The number of benzene rings is 2. The van der Waals surface area contributed by atoms with Crippen molar-refractivity contribution < 1.29 is 32.2 Å². The highest BCUT2D eigenvalue weighted by Gasteiger charge is 2.27. The predicted octanol–water partition coefficient (Wildman–Crippen LogP) is 2.82. The van der Waals surface area contributed by atoms with E-state index in [1.54, 1.807) is 23.1 Å². The monoisotopic (exact) mass is 406 g/mol. The van der Waals surface area contributed by atoms with Crippen molar-refractivity contribution >= 4 is 11.8 Å². The fraction of sp³-hybridized carbons (Fsp3) is 0.300. The molecule has 0 atom stereocenters. The van der Waals surface area contributed by atoms with E-state index < -0.39 is 28.9 Å². The number of hydrogen-bond acceptors (Lipinski definition) is 4. The summed E-state index contributed by atoms with van der Waals surface area (Å²) in [5, 5.41) is 0. The standard InChI is InChI=1S/C20H17F3N2O4/c21-14-4-3-13(17(22)18(14)23)20(27)25-7-1-6-24(8-9-25)19(26)12-2-5-15-16(10-12)29-11-28-15/h2-5,10H,1,6-9,11H2. The molecule has 2 heterocycles. The summed E-state index contributed by atoms with van der Waals surface area (Å²) in [6.07, 6.45) is 0.466. The molecule has 0 N–H and O–H groups in total. The average molecular weight is 406 g/mol. The third-order valence-electron chi connectivity index (χ3n) is 4.96. The number of hydrogen-bond donors (Lipinski definition) is 0. The lowest BCUT2D eigenvalue weighted by molar-refractivity contribution is 0.0715. The first-order valence-corrected chi connectivity index (χ1v) is 9.07. The second kappa shape index (κ2) is 7.65. The zero-order chi connectivity index (χ0) is 20.5. The van der Waals surface area contributed by atoms with Gasteiger partial charge in [-0.2, -0.15) is 0 Å². The Morgan fingerprint density at radius 3 is 2.24 bits per heavy atom. The molecule has 0 aromatic heterocycles. The summed E-state index contributed by atoms with van der Waals surface area (Å²) >= 11 is 0. The lowest BCUT2D eigenvalue weighted by atomic mass is 10.1. The number of carbonyl (C=O) groups is 2. The minimum Gasteiger partial charge on any atom is -0.454 e. The van der Waals surface area contributed by atoms with Crippen molar-refractivity contribution in [1.29, 1.82) is 0 Å². The Hall–Kier alpha value is -3.23. The number of nitrogens with zero attached hydrogens (tertiary/aromatic N) is 2. The van der Waals surface area contributed by atoms with Crippen molar-refractivity contribution in [2.24, 2.45) is 0 Å². The topological polar surface area (TPSA) is 59.1 Å². The minimum atomic E-state index is -1.68. The van der Waals surface area contributed by atoms with Crippen LogP contribution < -0.4 is 9.47 Å². The van der Waals surface area contributed by atoms with Crippen molar-refractivity contribution in [3.63, 3.8) is 0 Å². The van der Waals surface area contributed by atoms with Crippen molar-refractivity contribution in [3.05, 3.63) is 58.9 Å². The molecule has 0 bridgehead atoms. The van der Waals surface area contributed by atoms with E-state index in [4.69, 9.17) is 9.47 Å². The quantitative estimate of drug-likeness (QED) is 0.720. The zero-order valence-corrected chi connectivity index (χ0v) is 15.3. The Morgan fingerprint density at radius 2 is 1.48 bits per heavy atom. The molecule has 1 fully saturated rings. The molecule has 2 amide bonds. The second-order valence-corrected chi connectivity index (χ2v) is 6.73. The first kappa shape index (κ1) is 19.1. The van der Waals surface area contributed by atoms with Crippen LogP contribution in [0.15, 0.2) is 30.3 Å². The normalized spacial score (nSPS) is 16.0. The number of fused-ring (bicyclic) bond motifs is 1. The number of halogens is 3. The van der Waals surface area contributed by atoms with E-state index in [-0.39, 0.29) is 32.3 Å². The van der Waals surface area contributed by atoms with E-state index in [9.17, 15) is 22.8 Å². The first-order valence-electron chi connectivity index (χ1n) is 9.07. The summed E-state index contributed by atoms with van der Waals surface area (Å²) in [5.41, 5.74) is -0.0971. The van der Waals surface area contributed by atoms with Gasteiger partial charge in [-0.25, -0.2) is 13.2 Å². The molecule has 1 saturated heterocycles. The smallest absolute Gasteiger partial charge is 0.257 e. The van der Waals surface area contributed by atoms with Crippen LogP contribution in [0.2, 0.25) is 0 Å². The summed E-state index contributed by atoms with van der Waals surface area (Å²) < 4.78 is 51.0. The molecular formula is C20H17F3N2O4. The summed E-state index contributed by atoms with van der Waals surface area (Å²) in [4.78, 5) is 28.3. The number of rotatable bonds is 2. The van der Waals surface area contributed by atoms with Crippen LogP contribution >= 0.6 is 0 Å². The molecule has 0 saturated carbocycles. The van der Waals surface area contributed by atoms with Gasteiger partial charge in [0.1, 0.15) is 0 Å². The number of carbonyl (C=O) groups excluding carboxylic acids is 2. The third kappa shape index (κ3) is 3.59. The van der Waals surface area contributed by atoms with Gasteiger partial charge in [0.15, 0.2) is 29.0 Å². The highest BCUT2D eigenvalue weighted by molar-refractivity contribution is 5.96. The molecule has 6 nitrogen and oxygen atoms in total. The van der Waals surface area contributed by atoms with Crippen LogP contribution in [0, 0.1) is 17.5 Å². The fourth-order valence-corrected chi connectivity index (χ4v) is 3.40. The molecule has 2 aromatic carbocycles. The van der Waals surface area contributed by atoms with Crippen LogP contribution in [0.5, 0.6) is 11.5 Å². The molecule has 0 unspecified atom stereocenters. The van der Waals surface area contributed by atoms with E-state index in [0.717, 1.165) is 12.1 Å². The largest absolute Gasteiger partial charge is 0.454 e. The Labute approximate surface area is 164 Å². The van der Waals surface area contributed by atoms with E-state index >= 15 is 0 Å². The van der Waals surface area contributed by atoms with Gasteiger partial charge in [-0.1, -0.05) is 0 Å². The van der Waals surface area contributed by atoms with Crippen LogP contribution in [-0.4, -0.2) is 54.6 Å². The highest BCUT2D eigenvalue weighted by Crippen LogP contribution is 2.33. The Balaban J connectivity index is 1.46. The van der Waals surface area contributed by atoms with Gasteiger partial charge in [-0.05, 0) is 36.8 Å². The summed E-state index contributed by atoms with van der Waals surface area (Å²) in [5.74, 6) is -4.43. The summed E-state index contributed by atoms with van der Waals surface area (Å²) in [6, 6.07) is 6.56. The van der Waals surface area contributed by atoms with Crippen molar-refractivity contribution in [3.8, 4) is 11.5 Å². The average Bonchev–Trinajstić information content (AvgIpc) is 3.06. The number of amides is 2. The van der Waals surface area contributed by atoms with Gasteiger partial charge in [-0.3, -0.25) is 9.59 Å². The van der Waals surface area contributed by atoms with E-state index in [1.165, 1.54) is 4.90 Å². The summed E-state index contributed by atoms with van der Waals surface area (Å²) in [6.45, 7) is 1.14. The second-order valence-electron chi connectivity index (χ2n) is 6.73. The van der Waals surface area contributed by atoms with Gasteiger partial charge in [0, 0.05) is 31.7 Å². The summed E-state index contributed by atoms with van der Waals surface area (Å²) in [7, 11) is 0. The lowest BCUT2D eigenvalue weighted by Crippen LogP contribution is -2.37. The maximum atomic E-state index is 14.0. The predicted molar refractivity (Wildman–Crippen MR) is 95.3 cm³/mol. The maximum Gasteiger partial charge on any atom is 0.257 e. The molecule has 0 radical (unpaired) electrons. The van der Waals surface area contributed by atoms with Crippen LogP contribution in [0.3, 0.4) is 0 Å². The SMILES string of the molecule is O=C(c1ccc2c(c1)OCO2)N1CCCN(C(=O)c2ccc(F)c(F)c2F)CC1. The fourth-order valence-electron chi connectivity index (χ4n) is 3.40. The Kier molecular flexibility index (Phi) is 5.04. The molecule has 4 rings (SSSR count). The molecular weight excluding hydrogens is 389 g/mol. The molecule has 29 heavy (non-hydrogen) atoms. The first-order chi connectivity index (χ1) is 14.0. The van der Waals surface area contributed by atoms with Gasteiger partial charge in [0.25, 0.3) is 11.8 Å². The van der Waals surface area contributed by atoms with Gasteiger partial charge in [-0.15, -0.1) is 0 Å². The Morgan fingerprint density at radius 1 is 0.793 bits per heavy atom. The molecule has 2 aromatic rings. The highest BCUT2D eigenvalue weighted by atomic mass is 19.2. The van der Waals surface area contributed by atoms with Crippen LogP contribution in [0.1, 0.15) is 27.1 Å². The maximum absolute atomic E-state index is 14.0. The van der Waals surface area contributed by atoms with Crippen LogP contribution in [-0.2, 0) is 0 Å². The van der Waals surface area contributed by atoms with E-state index in [2.05, 4.69) is 0 Å². The van der Waals surface area contributed by atoms with E-state index in [0.29, 0.717) is 30.0 Å². The molecule has 0 spiro atoms. The molecule has 2 aliphatic heterocycles.